The Labute approximate surface area is 102 Å². The average molecular weight is 262 g/mol. The largest absolute Gasteiger partial charge is 0.485 e. The lowest BCUT2D eigenvalue weighted by molar-refractivity contribution is -0.323. The first kappa shape index (κ1) is 14.6. The topological polar surface area (TPSA) is 140 Å². The lowest BCUT2D eigenvalue weighted by Crippen LogP contribution is -2.35. The molecule has 6 N–H and O–H groups in total. The van der Waals surface area contributed by atoms with Crippen LogP contribution in [-0.4, -0.2) is 55.8 Å². The highest BCUT2D eigenvalue weighted by Crippen LogP contribution is 2.18. The van der Waals surface area contributed by atoms with E-state index in [9.17, 15) is 0 Å². The summed E-state index contributed by atoms with van der Waals surface area (Å²) < 4.78 is 9.63. The van der Waals surface area contributed by atoms with Crippen molar-refractivity contribution in [3.63, 3.8) is 0 Å². The fourth-order valence-electron chi connectivity index (χ4n) is 0.992. The molecule has 0 spiro atoms. The quantitative estimate of drug-likeness (QED) is 0.315. The number of benzene rings is 1. The molecule has 102 valence electrons. The molecule has 0 unspecified atom stereocenters. The van der Waals surface area contributed by atoms with Gasteiger partial charge in [-0.1, -0.05) is 0 Å². The summed E-state index contributed by atoms with van der Waals surface area (Å²) in [5.41, 5.74) is 0. The lowest BCUT2D eigenvalue weighted by Gasteiger charge is -2.16. The van der Waals surface area contributed by atoms with E-state index in [4.69, 9.17) is 40.1 Å². The van der Waals surface area contributed by atoms with E-state index in [1.807, 2.05) is 0 Å². The zero-order valence-corrected chi connectivity index (χ0v) is 9.22. The van der Waals surface area contributed by atoms with Crippen LogP contribution in [0.3, 0.4) is 0 Å². The highest BCUT2D eigenvalue weighted by molar-refractivity contribution is 5.31. The number of rotatable bonds is 6. The van der Waals surface area contributed by atoms with E-state index in [-0.39, 0.29) is 11.5 Å². The van der Waals surface area contributed by atoms with Crippen molar-refractivity contribution in [3.05, 3.63) is 24.3 Å². The first-order valence-corrected chi connectivity index (χ1v) is 4.86. The summed E-state index contributed by atoms with van der Waals surface area (Å²) in [5, 5.41) is 51.5. The molecule has 0 aliphatic heterocycles. The van der Waals surface area contributed by atoms with Gasteiger partial charge in [0.2, 0.25) is 0 Å². The summed E-state index contributed by atoms with van der Waals surface area (Å²) >= 11 is 0. The lowest BCUT2D eigenvalue weighted by atomic mass is 10.3. The molecule has 0 aliphatic rings. The molecule has 0 radical (unpaired) electrons. The smallest absolute Gasteiger partial charge is 0.311 e. The second-order valence-electron chi connectivity index (χ2n) is 3.60. The SMILES string of the molecule is OC(O)(O)COc1ccc(OCC(O)(O)O)cc1. The van der Waals surface area contributed by atoms with Crippen molar-refractivity contribution in [2.75, 3.05) is 13.2 Å². The Morgan fingerprint density at radius 2 is 0.944 bits per heavy atom. The minimum atomic E-state index is -2.92. The molecule has 8 nitrogen and oxygen atoms in total. The minimum absolute atomic E-state index is 0.229. The fourth-order valence-corrected chi connectivity index (χ4v) is 0.992. The number of ether oxygens (including phenoxy) is 2. The molecule has 1 aromatic rings. The Bertz CT molecular complexity index is 324. The number of aliphatic hydroxyl groups is 6. The average Bonchev–Trinajstić information content (AvgIpc) is 2.23. The van der Waals surface area contributed by atoms with Crippen molar-refractivity contribution in [2.45, 2.75) is 11.9 Å². The van der Waals surface area contributed by atoms with E-state index in [0.29, 0.717) is 0 Å². The van der Waals surface area contributed by atoms with Crippen LogP contribution in [0.15, 0.2) is 24.3 Å². The van der Waals surface area contributed by atoms with Gasteiger partial charge in [-0.15, -0.1) is 0 Å². The molecule has 0 amide bonds. The summed E-state index contributed by atoms with van der Waals surface area (Å²) in [4.78, 5) is 0. The summed E-state index contributed by atoms with van der Waals surface area (Å²) in [6.07, 6.45) is 0. The van der Waals surface area contributed by atoms with Crippen molar-refractivity contribution in [3.8, 4) is 11.5 Å². The fraction of sp³-hybridized carbons (Fsp3) is 0.400. The van der Waals surface area contributed by atoms with Gasteiger partial charge in [-0.05, 0) is 24.3 Å². The Kier molecular flexibility index (Phi) is 4.46. The van der Waals surface area contributed by atoms with E-state index in [1.165, 1.54) is 24.3 Å². The van der Waals surface area contributed by atoms with Crippen molar-refractivity contribution in [1.82, 2.24) is 0 Å². The van der Waals surface area contributed by atoms with Crippen LogP contribution in [0.25, 0.3) is 0 Å². The Morgan fingerprint density at radius 1 is 0.667 bits per heavy atom. The molecule has 0 bridgehead atoms. The van der Waals surface area contributed by atoms with Gasteiger partial charge < -0.3 is 40.1 Å². The first-order chi connectivity index (χ1) is 8.16. The van der Waals surface area contributed by atoms with Crippen LogP contribution in [0, 0.1) is 0 Å². The van der Waals surface area contributed by atoms with Gasteiger partial charge in [-0.3, -0.25) is 0 Å². The van der Waals surface area contributed by atoms with Crippen molar-refractivity contribution in [2.24, 2.45) is 0 Å². The number of hydrogen-bond donors (Lipinski definition) is 6. The molecule has 0 aromatic heterocycles. The van der Waals surface area contributed by atoms with E-state index in [0.717, 1.165) is 0 Å². The van der Waals surface area contributed by atoms with Crippen LogP contribution in [0.4, 0.5) is 0 Å². The maximum absolute atomic E-state index is 8.59. The summed E-state index contributed by atoms with van der Waals surface area (Å²) in [6.45, 7) is -1.47. The molecule has 0 saturated heterocycles. The van der Waals surface area contributed by atoms with Crippen LogP contribution in [0.1, 0.15) is 0 Å². The second-order valence-corrected chi connectivity index (χ2v) is 3.60. The first-order valence-electron chi connectivity index (χ1n) is 4.86. The summed E-state index contributed by atoms with van der Waals surface area (Å²) in [6, 6.07) is 5.54. The Hall–Kier alpha value is -1.42. The van der Waals surface area contributed by atoms with Crippen LogP contribution < -0.4 is 9.47 Å². The maximum atomic E-state index is 8.59. The molecule has 0 aliphatic carbocycles. The van der Waals surface area contributed by atoms with Crippen LogP contribution >= 0.6 is 0 Å². The molecule has 1 aromatic carbocycles. The van der Waals surface area contributed by atoms with Gasteiger partial charge in [0.05, 0.1) is 0 Å². The standard InChI is InChI=1S/C10H14O8/c11-9(12,13)5-17-7-1-2-8(4-3-7)18-6-10(14,15)16/h1-4,11-16H,5-6H2. The number of hydrogen-bond acceptors (Lipinski definition) is 8. The van der Waals surface area contributed by atoms with E-state index < -0.39 is 25.2 Å². The van der Waals surface area contributed by atoms with Gasteiger partial charge in [0.15, 0.2) is 13.2 Å². The van der Waals surface area contributed by atoms with Gasteiger partial charge >= 0.3 is 11.9 Å². The van der Waals surface area contributed by atoms with E-state index in [2.05, 4.69) is 0 Å². The third-order valence-electron chi connectivity index (χ3n) is 1.69. The molecule has 8 heteroatoms. The second kappa shape index (κ2) is 5.48. The van der Waals surface area contributed by atoms with Gasteiger partial charge in [-0.25, -0.2) is 0 Å². The van der Waals surface area contributed by atoms with Gasteiger partial charge in [0.25, 0.3) is 0 Å². The molecule has 0 atom stereocenters. The highest BCUT2D eigenvalue weighted by Gasteiger charge is 2.20. The predicted molar refractivity (Wildman–Crippen MR) is 56.2 cm³/mol. The molecular weight excluding hydrogens is 248 g/mol. The van der Waals surface area contributed by atoms with Crippen molar-refractivity contribution >= 4 is 0 Å². The zero-order valence-electron chi connectivity index (χ0n) is 9.22. The van der Waals surface area contributed by atoms with Gasteiger partial charge in [-0.2, -0.15) is 0 Å². The molecule has 1 rings (SSSR count). The Balaban J connectivity index is 2.48. The summed E-state index contributed by atoms with van der Waals surface area (Å²) in [7, 11) is 0. The van der Waals surface area contributed by atoms with Crippen molar-refractivity contribution in [1.29, 1.82) is 0 Å². The normalized spacial score (nSPS) is 12.3. The van der Waals surface area contributed by atoms with Gasteiger partial charge in [0, 0.05) is 0 Å². The summed E-state index contributed by atoms with van der Waals surface area (Å²) in [5.74, 6) is -5.38. The Morgan fingerprint density at radius 3 is 1.17 bits per heavy atom. The maximum Gasteiger partial charge on any atom is 0.311 e. The predicted octanol–water partition coefficient (Wildman–Crippen LogP) is -2.29. The van der Waals surface area contributed by atoms with Gasteiger partial charge in [0.1, 0.15) is 11.5 Å². The molecule has 0 fully saturated rings. The third-order valence-corrected chi connectivity index (χ3v) is 1.69. The van der Waals surface area contributed by atoms with E-state index in [1.54, 1.807) is 0 Å². The van der Waals surface area contributed by atoms with Crippen LogP contribution in [-0.2, 0) is 0 Å². The molecular formula is C10H14O8. The zero-order chi connectivity index (χ0) is 13.8. The molecule has 18 heavy (non-hydrogen) atoms. The molecule has 0 saturated carbocycles. The van der Waals surface area contributed by atoms with Crippen molar-refractivity contribution < 1.29 is 40.1 Å². The highest BCUT2D eigenvalue weighted by atomic mass is 16.7. The van der Waals surface area contributed by atoms with Crippen LogP contribution in [0.5, 0.6) is 11.5 Å². The third kappa shape index (κ3) is 6.35. The van der Waals surface area contributed by atoms with Crippen LogP contribution in [0.2, 0.25) is 0 Å². The van der Waals surface area contributed by atoms with E-state index >= 15 is 0 Å². The minimum Gasteiger partial charge on any atom is -0.485 e. The monoisotopic (exact) mass is 262 g/mol. The molecule has 0 heterocycles.